The van der Waals surface area contributed by atoms with Crippen LogP contribution in [0.15, 0.2) is 18.2 Å². The van der Waals surface area contributed by atoms with Gasteiger partial charge in [0.15, 0.2) is 0 Å². The summed E-state index contributed by atoms with van der Waals surface area (Å²) >= 11 is 0. The Morgan fingerprint density at radius 1 is 1.25 bits per heavy atom. The second-order valence-electron chi connectivity index (χ2n) is 3.66. The zero-order valence-corrected chi connectivity index (χ0v) is 9.66. The van der Waals surface area contributed by atoms with Gasteiger partial charge in [0.05, 0.1) is 39.0 Å². The minimum atomic E-state index is 0.139. The monoisotopic (exact) mass is 223 g/mol. The maximum Gasteiger partial charge on any atom is 0.127 e. The van der Waals surface area contributed by atoms with Gasteiger partial charge in [0.2, 0.25) is 0 Å². The van der Waals surface area contributed by atoms with Gasteiger partial charge >= 0.3 is 0 Å². The molecule has 88 valence electrons. The van der Waals surface area contributed by atoms with E-state index in [1.807, 2.05) is 18.2 Å². The lowest BCUT2D eigenvalue weighted by Gasteiger charge is -2.26. The summed E-state index contributed by atoms with van der Waals surface area (Å²) in [6.07, 6.45) is 0. The first-order valence-electron chi connectivity index (χ1n) is 5.39. The minimum absolute atomic E-state index is 0.139. The SMILES string of the molecule is COc1cccc(OC)c1[C@@H]1COCCN1. The Balaban J connectivity index is 2.34. The summed E-state index contributed by atoms with van der Waals surface area (Å²) in [7, 11) is 3.34. The lowest BCUT2D eigenvalue weighted by Crippen LogP contribution is -2.35. The fourth-order valence-corrected chi connectivity index (χ4v) is 1.97. The van der Waals surface area contributed by atoms with Crippen molar-refractivity contribution in [3.05, 3.63) is 23.8 Å². The van der Waals surface area contributed by atoms with Crippen LogP contribution in [-0.4, -0.2) is 34.0 Å². The largest absolute Gasteiger partial charge is 0.496 e. The van der Waals surface area contributed by atoms with Crippen LogP contribution in [0.2, 0.25) is 0 Å². The van der Waals surface area contributed by atoms with E-state index in [0.717, 1.165) is 30.2 Å². The van der Waals surface area contributed by atoms with Gasteiger partial charge in [-0.05, 0) is 12.1 Å². The Kier molecular flexibility index (Phi) is 3.64. The molecule has 1 N–H and O–H groups in total. The zero-order valence-electron chi connectivity index (χ0n) is 9.66. The van der Waals surface area contributed by atoms with Crippen molar-refractivity contribution < 1.29 is 14.2 Å². The standard InChI is InChI=1S/C12H17NO3/c1-14-10-4-3-5-11(15-2)12(10)9-8-16-7-6-13-9/h3-5,9,13H,6-8H2,1-2H3/t9-/m0/s1. The number of hydrogen-bond acceptors (Lipinski definition) is 4. The topological polar surface area (TPSA) is 39.7 Å². The van der Waals surface area contributed by atoms with Crippen LogP contribution in [0, 0.1) is 0 Å². The fourth-order valence-electron chi connectivity index (χ4n) is 1.97. The highest BCUT2D eigenvalue weighted by molar-refractivity contribution is 5.47. The van der Waals surface area contributed by atoms with Crippen molar-refractivity contribution in [3.63, 3.8) is 0 Å². The van der Waals surface area contributed by atoms with Crippen molar-refractivity contribution in [2.75, 3.05) is 34.0 Å². The minimum Gasteiger partial charge on any atom is -0.496 e. The molecule has 4 nitrogen and oxygen atoms in total. The highest BCUT2D eigenvalue weighted by Gasteiger charge is 2.22. The normalized spacial score (nSPS) is 20.5. The van der Waals surface area contributed by atoms with Gasteiger partial charge in [0.1, 0.15) is 11.5 Å². The molecule has 4 heteroatoms. The fraction of sp³-hybridized carbons (Fsp3) is 0.500. The predicted molar refractivity (Wildman–Crippen MR) is 61.1 cm³/mol. The number of ether oxygens (including phenoxy) is 3. The number of morpholine rings is 1. The number of nitrogens with one attached hydrogen (secondary N) is 1. The Morgan fingerprint density at radius 2 is 1.94 bits per heavy atom. The van der Waals surface area contributed by atoms with Gasteiger partial charge in [-0.25, -0.2) is 0 Å². The van der Waals surface area contributed by atoms with E-state index in [4.69, 9.17) is 14.2 Å². The van der Waals surface area contributed by atoms with Crippen molar-refractivity contribution in [2.45, 2.75) is 6.04 Å². The van der Waals surface area contributed by atoms with E-state index < -0.39 is 0 Å². The average Bonchev–Trinajstić information content (AvgIpc) is 2.38. The maximum absolute atomic E-state index is 5.46. The molecule has 0 aliphatic carbocycles. The number of methoxy groups -OCH3 is 2. The van der Waals surface area contributed by atoms with Gasteiger partial charge < -0.3 is 19.5 Å². The van der Waals surface area contributed by atoms with E-state index >= 15 is 0 Å². The van der Waals surface area contributed by atoms with Crippen LogP contribution in [0.5, 0.6) is 11.5 Å². The summed E-state index contributed by atoms with van der Waals surface area (Å²) in [5.41, 5.74) is 1.03. The van der Waals surface area contributed by atoms with Crippen LogP contribution in [0.4, 0.5) is 0 Å². The molecule has 0 saturated carbocycles. The average molecular weight is 223 g/mol. The molecule has 0 unspecified atom stereocenters. The quantitative estimate of drug-likeness (QED) is 0.840. The molecule has 0 bridgehead atoms. The zero-order chi connectivity index (χ0) is 11.4. The third kappa shape index (κ3) is 2.13. The van der Waals surface area contributed by atoms with Crippen LogP contribution in [0.25, 0.3) is 0 Å². The van der Waals surface area contributed by atoms with E-state index in [1.54, 1.807) is 14.2 Å². The molecule has 0 spiro atoms. The second kappa shape index (κ2) is 5.18. The van der Waals surface area contributed by atoms with Gasteiger partial charge in [0, 0.05) is 6.54 Å². The first kappa shape index (κ1) is 11.2. The smallest absolute Gasteiger partial charge is 0.127 e. The Morgan fingerprint density at radius 3 is 2.44 bits per heavy atom. The molecule has 1 heterocycles. The van der Waals surface area contributed by atoms with Gasteiger partial charge in [-0.15, -0.1) is 0 Å². The summed E-state index contributed by atoms with van der Waals surface area (Å²) in [5.74, 6) is 1.67. The number of hydrogen-bond donors (Lipinski definition) is 1. The van der Waals surface area contributed by atoms with Crippen LogP contribution in [0.3, 0.4) is 0 Å². The molecule has 1 saturated heterocycles. The van der Waals surface area contributed by atoms with E-state index in [9.17, 15) is 0 Å². The predicted octanol–water partition coefficient (Wildman–Crippen LogP) is 1.36. The van der Waals surface area contributed by atoms with Crippen LogP contribution < -0.4 is 14.8 Å². The van der Waals surface area contributed by atoms with Gasteiger partial charge in [-0.3, -0.25) is 0 Å². The van der Waals surface area contributed by atoms with Crippen molar-refractivity contribution in [3.8, 4) is 11.5 Å². The van der Waals surface area contributed by atoms with Gasteiger partial charge in [-0.1, -0.05) is 6.07 Å². The molecule has 1 aliphatic heterocycles. The molecule has 0 aromatic heterocycles. The molecule has 1 aliphatic rings. The molecular formula is C12H17NO3. The van der Waals surface area contributed by atoms with Crippen molar-refractivity contribution in [1.29, 1.82) is 0 Å². The molecule has 16 heavy (non-hydrogen) atoms. The Labute approximate surface area is 95.5 Å². The van der Waals surface area contributed by atoms with Crippen molar-refractivity contribution in [2.24, 2.45) is 0 Å². The van der Waals surface area contributed by atoms with E-state index in [1.165, 1.54) is 0 Å². The summed E-state index contributed by atoms with van der Waals surface area (Å²) in [6.45, 7) is 2.26. The third-order valence-electron chi connectivity index (χ3n) is 2.74. The first-order chi connectivity index (χ1) is 7.86. The molecule has 1 fully saturated rings. The van der Waals surface area contributed by atoms with E-state index in [2.05, 4.69) is 5.32 Å². The summed E-state index contributed by atoms with van der Waals surface area (Å²) in [6, 6.07) is 5.94. The lowest BCUT2D eigenvalue weighted by atomic mass is 10.0. The molecule has 0 amide bonds. The summed E-state index contributed by atoms with van der Waals surface area (Å²) < 4.78 is 16.2. The molecule has 1 aromatic rings. The first-order valence-corrected chi connectivity index (χ1v) is 5.39. The maximum atomic E-state index is 5.46. The molecule has 2 rings (SSSR count). The van der Waals surface area contributed by atoms with E-state index in [0.29, 0.717) is 6.61 Å². The van der Waals surface area contributed by atoms with Gasteiger partial charge in [0.25, 0.3) is 0 Å². The van der Waals surface area contributed by atoms with Crippen molar-refractivity contribution in [1.82, 2.24) is 5.32 Å². The molecular weight excluding hydrogens is 206 g/mol. The van der Waals surface area contributed by atoms with Gasteiger partial charge in [-0.2, -0.15) is 0 Å². The highest BCUT2D eigenvalue weighted by atomic mass is 16.5. The number of benzene rings is 1. The number of rotatable bonds is 3. The molecule has 1 aromatic carbocycles. The summed E-state index contributed by atoms with van der Waals surface area (Å²) in [5, 5.41) is 3.40. The molecule has 1 atom stereocenters. The van der Waals surface area contributed by atoms with Crippen molar-refractivity contribution >= 4 is 0 Å². The summed E-state index contributed by atoms with van der Waals surface area (Å²) in [4.78, 5) is 0. The Bertz CT molecular complexity index is 326. The van der Waals surface area contributed by atoms with E-state index in [-0.39, 0.29) is 6.04 Å². The highest BCUT2D eigenvalue weighted by Crippen LogP contribution is 2.34. The van der Waals surface area contributed by atoms with Crippen LogP contribution in [0.1, 0.15) is 11.6 Å². The Hall–Kier alpha value is -1.26. The third-order valence-corrected chi connectivity index (χ3v) is 2.74. The second-order valence-corrected chi connectivity index (χ2v) is 3.66. The van der Waals surface area contributed by atoms with Crippen LogP contribution in [-0.2, 0) is 4.74 Å². The molecule has 0 radical (unpaired) electrons. The lowest BCUT2D eigenvalue weighted by molar-refractivity contribution is 0.0752. The van der Waals surface area contributed by atoms with Crippen LogP contribution >= 0.6 is 0 Å².